The fraction of sp³-hybridized carbons (Fsp3) is 0.517. The van der Waals surface area contributed by atoms with E-state index in [1.807, 2.05) is 48.5 Å². The number of thioether (sulfide) groups is 1. The molecule has 0 fully saturated rings. The van der Waals surface area contributed by atoms with Gasteiger partial charge in [-0.15, -0.1) is 0 Å². The van der Waals surface area contributed by atoms with E-state index in [4.69, 9.17) is 14.6 Å². The first-order valence-corrected chi connectivity index (χ1v) is 14.5. The topological polar surface area (TPSA) is 91.3 Å². The first kappa shape index (κ1) is 29.8. The number of amides is 2. The van der Waals surface area contributed by atoms with E-state index in [0.717, 1.165) is 23.4 Å². The van der Waals surface area contributed by atoms with Crippen molar-refractivity contribution < 1.29 is 24.2 Å². The van der Waals surface area contributed by atoms with Gasteiger partial charge in [-0.05, 0) is 69.5 Å². The van der Waals surface area contributed by atoms with Crippen LogP contribution in [0, 0.1) is 0 Å². The second-order valence-corrected chi connectivity index (χ2v) is 11.0. The molecule has 38 heavy (non-hydrogen) atoms. The van der Waals surface area contributed by atoms with E-state index in [0.29, 0.717) is 48.8 Å². The van der Waals surface area contributed by atoms with Crippen molar-refractivity contribution in [2.24, 2.45) is 0 Å². The van der Waals surface area contributed by atoms with Gasteiger partial charge in [0.1, 0.15) is 24.1 Å². The largest absolute Gasteiger partial charge is 0.457 e. The molecule has 9 heteroatoms. The fourth-order valence-electron chi connectivity index (χ4n) is 4.73. The van der Waals surface area contributed by atoms with E-state index in [1.54, 1.807) is 0 Å². The highest BCUT2D eigenvalue weighted by Crippen LogP contribution is 2.34. The minimum absolute atomic E-state index is 0.0881. The van der Waals surface area contributed by atoms with Gasteiger partial charge in [0, 0.05) is 43.2 Å². The Morgan fingerprint density at radius 3 is 2.50 bits per heavy atom. The first-order valence-electron chi connectivity index (χ1n) is 13.3. The molecule has 0 radical (unpaired) electrons. The van der Waals surface area contributed by atoms with Crippen molar-refractivity contribution >= 4 is 23.8 Å². The highest BCUT2D eigenvalue weighted by Gasteiger charge is 2.37. The maximum atomic E-state index is 13.5. The number of fused-ring (bicyclic) bond motifs is 1. The first-order chi connectivity index (χ1) is 18.3. The van der Waals surface area contributed by atoms with Crippen LogP contribution in [0.5, 0.6) is 11.5 Å². The number of nitrogens with zero attached hydrogens (tertiary/aromatic N) is 2. The number of aliphatic hydroxyl groups is 1. The van der Waals surface area contributed by atoms with Gasteiger partial charge in [0.15, 0.2) is 0 Å². The fourth-order valence-corrected chi connectivity index (χ4v) is 5.26. The van der Waals surface area contributed by atoms with Gasteiger partial charge in [0.2, 0.25) is 5.91 Å². The smallest absolute Gasteiger partial charge is 0.410 e. The number of carbonyl (C=O) groups excluding carboxylic acids is 2. The van der Waals surface area contributed by atoms with Crippen molar-refractivity contribution in [1.82, 2.24) is 15.1 Å². The third-order valence-electron chi connectivity index (χ3n) is 6.49. The summed E-state index contributed by atoms with van der Waals surface area (Å²) >= 11 is 1.51. The summed E-state index contributed by atoms with van der Waals surface area (Å²) in [4.78, 5) is 30.4. The Balaban J connectivity index is 1.76. The lowest BCUT2D eigenvalue weighted by Crippen LogP contribution is -2.49. The van der Waals surface area contributed by atoms with Crippen molar-refractivity contribution in [3.63, 3.8) is 0 Å². The van der Waals surface area contributed by atoms with Crippen LogP contribution in [0.1, 0.15) is 44.9 Å². The molecule has 0 aromatic heterocycles. The van der Waals surface area contributed by atoms with E-state index in [9.17, 15) is 9.59 Å². The zero-order chi connectivity index (χ0) is 27.5. The van der Waals surface area contributed by atoms with Gasteiger partial charge in [0.05, 0.1) is 6.61 Å². The molecular weight excluding hydrogens is 502 g/mol. The molecule has 0 spiro atoms. The molecule has 2 aromatic carbocycles. The predicted octanol–water partition coefficient (Wildman–Crippen LogP) is 4.48. The standard InChI is InChI=1S/C29H41N3O5S/c1-21(2)31(22(3)4)15-13-30-28(34)27-26-11-10-25(37-24-8-6-5-7-9-24)20-23(26)12-14-32(27)29(35)36-17-19-38-18-16-33/h5-11,20-22,27,33H,12-19H2,1-4H3,(H,30,34). The Kier molecular flexibility index (Phi) is 11.8. The van der Waals surface area contributed by atoms with Crippen LogP contribution in [0.3, 0.4) is 0 Å². The van der Waals surface area contributed by atoms with E-state index < -0.39 is 12.1 Å². The van der Waals surface area contributed by atoms with Crippen LogP contribution >= 0.6 is 11.8 Å². The number of hydrogen-bond donors (Lipinski definition) is 2. The summed E-state index contributed by atoms with van der Waals surface area (Å²) in [7, 11) is 0. The molecule has 0 saturated heterocycles. The number of nitrogens with one attached hydrogen (secondary N) is 1. The van der Waals surface area contributed by atoms with Crippen molar-refractivity contribution in [2.45, 2.75) is 52.2 Å². The number of benzene rings is 2. The maximum absolute atomic E-state index is 13.5. The molecule has 3 rings (SSSR count). The summed E-state index contributed by atoms with van der Waals surface area (Å²) in [5.41, 5.74) is 1.76. The maximum Gasteiger partial charge on any atom is 0.410 e. The summed E-state index contributed by atoms with van der Waals surface area (Å²) < 4.78 is 11.5. The Morgan fingerprint density at radius 2 is 1.82 bits per heavy atom. The third-order valence-corrected chi connectivity index (χ3v) is 7.42. The average molecular weight is 544 g/mol. The van der Waals surface area contributed by atoms with Crippen LogP contribution in [0.15, 0.2) is 48.5 Å². The van der Waals surface area contributed by atoms with Gasteiger partial charge >= 0.3 is 6.09 Å². The molecule has 1 heterocycles. The Labute approximate surface area is 230 Å². The predicted molar refractivity (Wildman–Crippen MR) is 152 cm³/mol. The molecule has 1 aliphatic rings. The van der Waals surface area contributed by atoms with Gasteiger partial charge in [-0.3, -0.25) is 14.6 Å². The lowest BCUT2D eigenvalue weighted by Gasteiger charge is -2.36. The molecule has 1 aliphatic heterocycles. The zero-order valence-corrected chi connectivity index (χ0v) is 23.7. The van der Waals surface area contributed by atoms with E-state index >= 15 is 0 Å². The zero-order valence-electron chi connectivity index (χ0n) is 22.9. The third kappa shape index (κ3) is 8.38. The number of ether oxygens (including phenoxy) is 2. The van der Waals surface area contributed by atoms with Gasteiger partial charge in [-0.2, -0.15) is 11.8 Å². The summed E-state index contributed by atoms with van der Waals surface area (Å²) in [5.74, 6) is 2.39. The van der Waals surface area contributed by atoms with Gasteiger partial charge in [-0.25, -0.2) is 4.79 Å². The molecule has 0 bridgehead atoms. The van der Waals surface area contributed by atoms with Crippen LogP contribution in [0.25, 0.3) is 0 Å². The molecule has 0 saturated carbocycles. The number of carbonyl (C=O) groups is 2. The van der Waals surface area contributed by atoms with Gasteiger partial charge in [-0.1, -0.05) is 24.3 Å². The molecule has 2 N–H and O–H groups in total. The van der Waals surface area contributed by atoms with E-state index in [-0.39, 0.29) is 19.1 Å². The van der Waals surface area contributed by atoms with Crippen LogP contribution < -0.4 is 10.1 Å². The van der Waals surface area contributed by atoms with Gasteiger partial charge in [0.25, 0.3) is 0 Å². The van der Waals surface area contributed by atoms with Crippen LogP contribution in [-0.4, -0.2) is 83.3 Å². The molecule has 8 nitrogen and oxygen atoms in total. The van der Waals surface area contributed by atoms with Crippen molar-refractivity contribution in [3.8, 4) is 11.5 Å². The molecule has 0 aliphatic carbocycles. The minimum Gasteiger partial charge on any atom is -0.457 e. The van der Waals surface area contributed by atoms with E-state index in [1.165, 1.54) is 16.7 Å². The number of aliphatic hydroxyl groups excluding tert-OH is 1. The molecule has 2 aromatic rings. The Hall–Kier alpha value is -2.75. The van der Waals surface area contributed by atoms with Crippen molar-refractivity contribution in [1.29, 1.82) is 0 Å². The number of rotatable bonds is 13. The van der Waals surface area contributed by atoms with Crippen molar-refractivity contribution in [3.05, 3.63) is 59.7 Å². The van der Waals surface area contributed by atoms with Crippen LogP contribution in [0.4, 0.5) is 4.79 Å². The molecule has 208 valence electrons. The normalized spacial score (nSPS) is 15.1. The highest BCUT2D eigenvalue weighted by molar-refractivity contribution is 7.99. The summed E-state index contributed by atoms with van der Waals surface area (Å²) in [6.45, 7) is 10.5. The monoisotopic (exact) mass is 543 g/mol. The summed E-state index contributed by atoms with van der Waals surface area (Å²) in [5, 5.41) is 12.0. The minimum atomic E-state index is -0.784. The second-order valence-electron chi connectivity index (χ2n) is 9.79. The molecule has 2 amide bonds. The van der Waals surface area contributed by atoms with Crippen LogP contribution in [0.2, 0.25) is 0 Å². The SMILES string of the molecule is CC(C)N(CCNC(=O)C1c2ccc(Oc3ccccc3)cc2CCN1C(=O)OCCSCCO)C(C)C. The lowest BCUT2D eigenvalue weighted by atomic mass is 9.92. The number of para-hydroxylation sites is 1. The van der Waals surface area contributed by atoms with E-state index in [2.05, 4.69) is 37.9 Å². The highest BCUT2D eigenvalue weighted by atomic mass is 32.2. The van der Waals surface area contributed by atoms with Crippen molar-refractivity contribution in [2.75, 3.05) is 44.4 Å². The molecular formula is C29H41N3O5S. The summed E-state index contributed by atoms with van der Waals surface area (Å²) in [6, 6.07) is 15.2. The quantitative estimate of drug-likeness (QED) is 0.360. The van der Waals surface area contributed by atoms with Crippen LogP contribution in [-0.2, 0) is 16.0 Å². The average Bonchev–Trinajstić information content (AvgIpc) is 2.90. The Morgan fingerprint density at radius 1 is 1.08 bits per heavy atom. The lowest BCUT2D eigenvalue weighted by molar-refractivity contribution is -0.126. The number of hydrogen-bond acceptors (Lipinski definition) is 7. The molecule has 1 unspecified atom stereocenters. The molecule has 1 atom stereocenters. The second kappa shape index (κ2) is 15.0. The Bertz CT molecular complexity index is 1030. The summed E-state index contributed by atoms with van der Waals surface area (Å²) in [6.07, 6.45) is 0.0875. The van der Waals surface area contributed by atoms with Gasteiger partial charge < -0.3 is 19.9 Å².